The molecule has 3 N–H and O–H groups in total. The number of halogens is 4. The highest BCUT2D eigenvalue weighted by atomic mass is 35.5. The Bertz CT molecular complexity index is 1650. The van der Waals surface area contributed by atoms with Gasteiger partial charge in [0.05, 0.1) is 15.6 Å². The highest BCUT2D eigenvalue weighted by Gasteiger charge is 2.35. The lowest BCUT2D eigenvalue weighted by Gasteiger charge is -2.17. The van der Waals surface area contributed by atoms with Crippen molar-refractivity contribution in [3.05, 3.63) is 81.0 Å². The molecule has 188 valence electrons. The summed E-state index contributed by atoms with van der Waals surface area (Å²) in [6.07, 6.45) is -3.67. The Hall–Kier alpha value is -3.55. The van der Waals surface area contributed by atoms with Crippen LogP contribution < -0.4 is 20.9 Å². The molecule has 0 bridgehead atoms. The SMILES string of the molecule is CNc1ccc2c(=O)n(-c3ccc(NC(=O)NS(=O)(=O)c4ccc(Cl)s4)cc3C(F)(F)F)ccc2c1. The molecule has 14 heteroatoms. The van der Waals surface area contributed by atoms with E-state index in [1.54, 1.807) is 23.9 Å². The third kappa shape index (κ3) is 5.17. The number of carbonyl (C=O) groups excluding carboxylic acids is 1. The van der Waals surface area contributed by atoms with E-state index in [9.17, 15) is 31.2 Å². The standard InChI is InChI=1S/C22H16ClF3N4O4S2/c1-27-13-2-4-15-12(10-13)8-9-30(20(15)31)17-5-3-14(11-16(17)22(24,25)26)28-21(32)29-36(33,34)19-7-6-18(23)35-19/h2-11,27H,1H3,(H2,28,29,32). The van der Waals surface area contributed by atoms with Gasteiger partial charge in [0.15, 0.2) is 0 Å². The van der Waals surface area contributed by atoms with Gasteiger partial charge < -0.3 is 10.6 Å². The molecular formula is C22H16ClF3N4O4S2. The van der Waals surface area contributed by atoms with Gasteiger partial charge in [0, 0.05) is 30.0 Å². The van der Waals surface area contributed by atoms with Crippen molar-refractivity contribution in [2.75, 3.05) is 17.7 Å². The van der Waals surface area contributed by atoms with E-state index in [-0.39, 0.29) is 19.6 Å². The highest BCUT2D eigenvalue weighted by molar-refractivity contribution is 7.92. The number of hydrogen-bond donors (Lipinski definition) is 3. The zero-order chi connectivity index (χ0) is 26.3. The van der Waals surface area contributed by atoms with Crippen LogP contribution in [0.2, 0.25) is 4.34 Å². The molecule has 8 nitrogen and oxygen atoms in total. The number of fused-ring (bicyclic) bond motifs is 1. The van der Waals surface area contributed by atoms with Gasteiger partial charge in [-0.1, -0.05) is 11.6 Å². The Morgan fingerprint density at radius 1 is 1.03 bits per heavy atom. The second-order valence-corrected chi connectivity index (χ2v) is 11.0. The van der Waals surface area contributed by atoms with Gasteiger partial charge >= 0.3 is 12.2 Å². The third-order valence-corrected chi connectivity index (χ3v) is 8.11. The number of thiophene rings is 1. The summed E-state index contributed by atoms with van der Waals surface area (Å²) in [5.74, 6) is 0. The topological polar surface area (TPSA) is 109 Å². The van der Waals surface area contributed by atoms with Gasteiger partial charge in [-0.25, -0.2) is 17.9 Å². The van der Waals surface area contributed by atoms with Crippen LogP contribution in [0.1, 0.15) is 5.56 Å². The number of benzene rings is 2. The number of hydrogen-bond acceptors (Lipinski definition) is 6. The summed E-state index contributed by atoms with van der Waals surface area (Å²) in [7, 11) is -2.58. The van der Waals surface area contributed by atoms with Crippen molar-refractivity contribution < 1.29 is 26.4 Å². The molecule has 0 unspecified atom stereocenters. The first-order valence-electron chi connectivity index (χ1n) is 10.0. The minimum Gasteiger partial charge on any atom is -0.388 e. The molecule has 2 aromatic heterocycles. The van der Waals surface area contributed by atoms with E-state index in [1.807, 2.05) is 0 Å². The van der Waals surface area contributed by atoms with E-state index < -0.39 is 39.0 Å². The molecule has 0 fully saturated rings. The Balaban J connectivity index is 1.68. The van der Waals surface area contributed by atoms with Crippen LogP contribution in [0, 0.1) is 0 Å². The number of nitrogens with one attached hydrogen (secondary N) is 3. The van der Waals surface area contributed by atoms with E-state index in [1.165, 1.54) is 30.5 Å². The fourth-order valence-electron chi connectivity index (χ4n) is 3.41. The van der Waals surface area contributed by atoms with Crippen LogP contribution in [0.5, 0.6) is 0 Å². The van der Waals surface area contributed by atoms with E-state index in [4.69, 9.17) is 11.6 Å². The van der Waals surface area contributed by atoms with Crippen molar-refractivity contribution in [1.29, 1.82) is 0 Å². The molecule has 0 saturated carbocycles. The monoisotopic (exact) mass is 556 g/mol. The second kappa shape index (κ2) is 9.48. The van der Waals surface area contributed by atoms with Gasteiger partial charge in [0.1, 0.15) is 4.21 Å². The van der Waals surface area contributed by atoms with Crippen molar-refractivity contribution >= 4 is 61.1 Å². The average Bonchev–Trinajstić information content (AvgIpc) is 3.25. The largest absolute Gasteiger partial charge is 0.418 e. The Labute approximate surface area is 211 Å². The number of amides is 2. The fraction of sp³-hybridized carbons (Fsp3) is 0.0909. The molecule has 2 amide bonds. The summed E-state index contributed by atoms with van der Waals surface area (Å²) < 4.78 is 68.8. The van der Waals surface area contributed by atoms with Gasteiger partial charge in [-0.3, -0.25) is 9.36 Å². The first-order chi connectivity index (χ1) is 16.9. The van der Waals surface area contributed by atoms with E-state index in [0.717, 1.165) is 22.4 Å². The number of sulfonamides is 1. The van der Waals surface area contributed by atoms with Crippen LogP contribution >= 0.6 is 22.9 Å². The zero-order valence-corrected chi connectivity index (χ0v) is 20.6. The maximum absolute atomic E-state index is 13.9. The Morgan fingerprint density at radius 2 is 1.75 bits per heavy atom. The van der Waals surface area contributed by atoms with Gasteiger partial charge in [-0.15, -0.1) is 11.3 Å². The van der Waals surface area contributed by atoms with Crippen LogP contribution in [0.3, 0.4) is 0 Å². The Kier molecular flexibility index (Phi) is 6.73. The van der Waals surface area contributed by atoms with Gasteiger partial charge in [-0.2, -0.15) is 13.2 Å². The molecule has 4 aromatic rings. The predicted octanol–water partition coefficient (Wildman–Crippen LogP) is 5.28. The molecular weight excluding hydrogens is 541 g/mol. The van der Waals surface area contributed by atoms with Crippen LogP contribution in [-0.4, -0.2) is 26.1 Å². The molecule has 2 heterocycles. The van der Waals surface area contributed by atoms with Gasteiger partial charge in [-0.05, 0) is 60.0 Å². The molecule has 36 heavy (non-hydrogen) atoms. The average molecular weight is 557 g/mol. The van der Waals surface area contributed by atoms with E-state index in [0.29, 0.717) is 22.8 Å². The number of nitrogens with zero attached hydrogens (tertiary/aromatic N) is 1. The number of aromatic nitrogens is 1. The fourth-order valence-corrected chi connectivity index (χ4v) is 5.80. The van der Waals surface area contributed by atoms with Crippen molar-refractivity contribution in [1.82, 2.24) is 9.29 Å². The maximum Gasteiger partial charge on any atom is 0.418 e. The molecule has 0 aliphatic heterocycles. The molecule has 0 spiro atoms. The summed E-state index contributed by atoms with van der Waals surface area (Å²) >= 11 is 6.41. The highest BCUT2D eigenvalue weighted by Crippen LogP contribution is 2.35. The minimum absolute atomic E-state index is 0.174. The summed E-state index contributed by atoms with van der Waals surface area (Å²) in [6, 6.07) is 10.3. The lowest BCUT2D eigenvalue weighted by atomic mass is 10.1. The van der Waals surface area contributed by atoms with Crippen LogP contribution in [0.4, 0.5) is 29.3 Å². The smallest absolute Gasteiger partial charge is 0.388 e. The lowest BCUT2D eigenvalue weighted by molar-refractivity contribution is -0.137. The van der Waals surface area contributed by atoms with Crippen molar-refractivity contribution in [2.45, 2.75) is 10.4 Å². The quantitative estimate of drug-likeness (QED) is 0.310. The number of urea groups is 1. The predicted molar refractivity (Wildman–Crippen MR) is 133 cm³/mol. The van der Waals surface area contributed by atoms with E-state index >= 15 is 0 Å². The molecule has 4 rings (SSSR count). The zero-order valence-electron chi connectivity index (χ0n) is 18.2. The first-order valence-corrected chi connectivity index (χ1v) is 12.7. The van der Waals surface area contributed by atoms with Crippen molar-refractivity contribution in [3.63, 3.8) is 0 Å². The number of alkyl halides is 3. The molecule has 0 aliphatic carbocycles. The molecule has 2 aromatic carbocycles. The third-order valence-electron chi connectivity index (χ3n) is 5.05. The first kappa shape index (κ1) is 25.5. The summed E-state index contributed by atoms with van der Waals surface area (Å²) in [4.78, 5) is 25.2. The van der Waals surface area contributed by atoms with Crippen LogP contribution in [0.15, 0.2) is 69.8 Å². The Morgan fingerprint density at radius 3 is 2.39 bits per heavy atom. The van der Waals surface area contributed by atoms with Crippen molar-refractivity contribution in [3.8, 4) is 5.69 Å². The molecule has 0 saturated heterocycles. The van der Waals surface area contributed by atoms with Gasteiger partial charge in [0.2, 0.25) is 0 Å². The van der Waals surface area contributed by atoms with E-state index in [2.05, 4.69) is 10.6 Å². The summed E-state index contributed by atoms with van der Waals surface area (Å²) in [5.41, 5.74) is -1.94. The number of carbonyl (C=O) groups is 1. The lowest BCUT2D eigenvalue weighted by Crippen LogP contribution is -2.34. The summed E-state index contributed by atoms with van der Waals surface area (Å²) in [5, 5.41) is 5.75. The molecule has 0 radical (unpaired) electrons. The molecule has 0 aliphatic rings. The maximum atomic E-state index is 13.9. The minimum atomic E-state index is -4.90. The normalized spacial score (nSPS) is 11.9. The van der Waals surface area contributed by atoms with Crippen molar-refractivity contribution in [2.24, 2.45) is 0 Å². The van der Waals surface area contributed by atoms with Crippen LogP contribution in [0.25, 0.3) is 16.5 Å². The molecule has 0 atom stereocenters. The number of anilines is 2. The number of pyridine rings is 1. The second-order valence-electron chi connectivity index (χ2n) is 7.39. The number of rotatable bonds is 5. The van der Waals surface area contributed by atoms with Crippen LogP contribution in [-0.2, 0) is 16.2 Å². The summed E-state index contributed by atoms with van der Waals surface area (Å²) in [6.45, 7) is 0. The van der Waals surface area contributed by atoms with Gasteiger partial charge in [0.25, 0.3) is 15.6 Å².